The maximum Gasteiger partial charge on any atom is 0.361 e. The van der Waals surface area contributed by atoms with Gasteiger partial charge in [-0.25, -0.2) is 13.2 Å². The highest BCUT2D eigenvalue weighted by atomic mass is 32.2. The molecule has 1 aromatic carbocycles. The summed E-state index contributed by atoms with van der Waals surface area (Å²) in [7, 11) is -3.33. The molecule has 2 aromatic rings. The van der Waals surface area contributed by atoms with Crippen molar-refractivity contribution in [2.45, 2.75) is 31.4 Å². The van der Waals surface area contributed by atoms with Crippen LogP contribution in [0.1, 0.15) is 63.4 Å². The molecule has 0 N–H and O–H groups in total. The van der Waals surface area contributed by atoms with Gasteiger partial charge in [-0.1, -0.05) is 29.4 Å². The molecule has 26 heavy (non-hydrogen) atoms. The minimum Gasteiger partial charge on any atom is -0.461 e. The van der Waals surface area contributed by atoms with Crippen LogP contribution in [0.25, 0.3) is 0 Å². The highest BCUT2D eigenvalue weighted by Crippen LogP contribution is 2.43. The zero-order valence-corrected chi connectivity index (χ0v) is 15.3. The third-order valence-corrected chi connectivity index (χ3v) is 4.88. The van der Waals surface area contributed by atoms with Crippen LogP contribution >= 0.6 is 0 Å². The van der Waals surface area contributed by atoms with E-state index in [0.717, 1.165) is 19.1 Å². The van der Waals surface area contributed by atoms with Crippen molar-refractivity contribution < 1.29 is 27.3 Å². The molecular formula is C18H19NO6S. The van der Waals surface area contributed by atoms with Gasteiger partial charge in [-0.15, -0.1) is 0 Å². The second-order valence-electron chi connectivity index (χ2n) is 6.32. The van der Waals surface area contributed by atoms with Crippen molar-refractivity contribution >= 4 is 21.6 Å². The van der Waals surface area contributed by atoms with Crippen molar-refractivity contribution in [2.75, 3.05) is 12.9 Å². The molecular weight excluding hydrogens is 358 g/mol. The fourth-order valence-corrected chi connectivity index (χ4v) is 3.59. The number of hydrogen-bond acceptors (Lipinski definition) is 7. The highest BCUT2D eigenvalue weighted by molar-refractivity contribution is 7.89. The third-order valence-electron chi connectivity index (χ3n) is 4.04. The molecule has 0 atom stereocenters. The molecule has 0 bridgehead atoms. The van der Waals surface area contributed by atoms with Gasteiger partial charge in [-0.05, 0) is 25.3 Å². The van der Waals surface area contributed by atoms with Crippen molar-refractivity contribution in [1.82, 2.24) is 5.16 Å². The molecule has 8 heteroatoms. The maximum absolute atomic E-state index is 13.2. The molecule has 138 valence electrons. The Morgan fingerprint density at radius 1 is 1.27 bits per heavy atom. The molecule has 0 spiro atoms. The highest BCUT2D eigenvalue weighted by Gasteiger charge is 2.38. The third kappa shape index (κ3) is 3.85. The molecule has 3 rings (SSSR count). The average molecular weight is 377 g/mol. The van der Waals surface area contributed by atoms with Gasteiger partial charge in [0.25, 0.3) is 0 Å². The number of ether oxygens (including phenoxy) is 1. The van der Waals surface area contributed by atoms with E-state index in [1.54, 1.807) is 31.2 Å². The SMILES string of the molecule is CCOC(=O)c1noc(C2CC2)c1C(=O)c1ccccc1CS(C)(=O)=O. The van der Waals surface area contributed by atoms with E-state index >= 15 is 0 Å². The Morgan fingerprint density at radius 3 is 2.58 bits per heavy atom. The maximum atomic E-state index is 13.2. The standard InChI is InChI=1S/C18H19NO6S/c1-3-24-18(21)15-14(17(25-19-15)11-8-9-11)16(20)13-7-5-4-6-12(13)10-26(2,22)23/h4-7,11H,3,8-10H2,1-2H3. The average Bonchev–Trinajstić information content (AvgIpc) is 3.32. The number of benzene rings is 1. The molecule has 0 aliphatic heterocycles. The first-order valence-corrected chi connectivity index (χ1v) is 10.3. The van der Waals surface area contributed by atoms with Gasteiger partial charge in [0, 0.05) is 17.7 Å². The van der Waals surface area contributed by atoms with Gasteiger partial charge in [0.05, 0.1) is 12.4 Å². The summed E-state index contributed by atoms with van der Waals surface area (Å²) in [4.78, 5) is 25.4. The molecule has 1 fully saturated rings. The summed E-state index contributed by atoms with van der Waals surface area (Å²) < 4.78 is 33.6. The topological polar surface area (TPSA) is 104 Å². The van der Waals surface area contributed by atoms with E-state index in [-0.39, 0.29) is 35.1 Å². The smallest absolute Gasteiger partial charge is 0.361 e. The Balaban J connectivity index is 2.08. The monoisotopic (exact) mass is 377 g/mol. The summed E-state index contributed by atoms with van der Waals surface area (Å²) in [6, 6.07) is 6.44. The van der Waals surface area contributed by atoms with E-state index in [0.29, 0.717) is 11.3 Å². The summed E-state index contributed by atoms with van der Waals surface area (Å²) in [5, 5.41) is 3.76. The Bertz CT molecular complexity index is 956. The van der Waals surface area contributed by atoms with Gasteiger partial charge in [-0.3, -0.25) is 4.79 Å². The second-order valence-corrected chi connectivity index (χ2v) is 8.46. The van der Waals surface area contributed by atoms with Crippen molar-refractivity contribution in [3.05, 3.63) is 52.4 Å². The van der Waals surface area contributed by atoms with Crippen LogP contribution in [0.2, 0.25) is 0 Å². The zero-order chi connectivity index (χ0) is 18.9. The lowest BCUT2D eigenvalue weighted by Crippen LogP contribution is -2.15. The molecule has 0 unspecified atom stereocenters. The van der Waals surface area contributed by atoms with Crippen molar-refractivity contribution in [3.63, 3.8) is 0 Å². The number of aromatic nitrogens is 1. The number of carbonyl (C=O) groups excluding carboxylic acids is 2. The van der Waals surface area contributed by atoms with Crippen molar-refractivity contribution in [2.24, 2.45) is 0 Å². The molecule has 1 saturated carbocycles. The van der Waals surface area contributed by atoms with Crippen LogP contribution in [0.4, 0.5) is 0 Å². The van der Waals surface area contributed by atoms with E-state index in [1.807, 2.05) is 0 Å². The predicted octanol–water partition coefficient (Wildman–Crippen LogP) is 2.50. The zero-order valence-electron chi connectivity index (χ0n) is 14.5. The molecule has 0 radical (unpaired) electrons. The Hall–Kier alpha value is -2.48. The van der Waals surface area contributed by atoms with Crippen LogP contribution in [-0.4, -0.2) is 38.2 Å². The molecule has 0 saturated heterocycles. The number of hydrogen-bond donors (Lipinski definition) is 0. The van der Waals surface area contributed by atoms with Crippen LogP contribution in [0.5, 0.6) is 0 Å². The molecule has 1 heterocycles. The number of nitrogens with zero attached hydrogens (tertiary/aromatic N) is 1. The normalized spacial score (nSPS) is 14.2. The van der Waals surface area contributed by atoms with Gasteiger partial charge in [0.1, 0.15) is 5.56 Å². The number of esters is 1. The van der Waals surface area contributed by atoms with Gasteiger partial charge in [0.15, 0.2) is 21.4 Å². The Labute approximate surface area is 151 Å². The predicted molar refractivity (Wildman–Crippen MR) is 92.9 cm³/mol. The summed E-state index contributed by atoms with van der Waals surface area (Å²) in [5.41, 5.74) is 0.506. The van der Waals surface area contributed by atoms with Crippen LogP contribution in [-0.2, 0) is 20.3 Å². The van der Waals surface area contributed by atoms with Gasteiger partial charge in [-0.2, -0.15) is 0 Å². The first-order valence-electron chi connectivity index (χ1n) is 8.28. The first kappa shape index (κ1) is 18.3. The van der Waals surface area contributed by atoms with Crippen molar-refractivity contribution in [3.8, 4) is 0 Å². The van der Waals surface area contributed by atoms with E-state index in [4.69, 9.17) is 9.26 Å². The van der Waals surface area contributed by atoms with Crippen LogP contribution in [0.15, 0.2) is 28.8 Å². The summed E-state index contributed by atoms with van der Waals surface area (Å²) in [5.74, 6) is -1.06. The lowest BCUT2D eigenvalue weighted by atomic mass is 9.96. The fraction of sp³-hybridized carbons (Fsp3) is 0.389. The van der Waals surface area contributed by atoms with Crippen LogP contribution < -0.4 is 0 Å². The molecule has 1 aromatic heterocycles. The molecule has 7 nitrogen and oxygen atoms in total. The van der Waals surface area contributed by atoms with Gasteiger partial charge in [0.2, 0.25) is 5.69 Å². The molecule has 1 aliphatic rings. The number of ketones is 1. The molecule has 0 amide bonds. The Morgan fingerprint density at radius 2 is 1.96 bits per heavy atom. The van der Waals surface area contributed by atoms with Gasteiger partial charge < -0.3 is 9.26 Å². The van der Waals surface area contributed by atoms with Crippen LogP contribution in [0, 0.1) is 0 Å². The lowest BCUT2D eigenvalue weighted by Gasteiger charge is -2.08. The van der Waals surface area contributed by atoms with E-state index in [2.05, 4.69) is 5.16 Å². The van der Waals surface area contributed by atoms with Crippen LogP contribution in [0.3, 0.4) is 0 Å². The number of rotatable bonds is 7. The first-order chi connectivity index (χ1) is 12.3. The summed E-state index contributed by atoms with van der Waals surface area (Å²) in [6.07, 6.45) is 2.80. The number of carbonyl (C=O) groups is 2. The quantitative estimate of drug-likeness (QED) is 0.539. The minimum atomic E-state index is -3.33. The lowest BCUT2D eigenvalue weighted by molar-refractivity contribution is 0.0512. The van der Waals surface area contributed by atoms with Gasteiger partial charge >= 0.3 is 5.97 Å². The van der Waals surface area contributed by atoms with E-state index in [9.17, 15) is 18.0 Å². The second kappa shape index (κ2) is 7.03. The fourth-order valence-electron chi connectivity index (χ4n) is 2.77. The number of sulfone groups is 1. The molecule has 1 aliphatic carbocycles. The summed E-state index contributed by atoms with van der Waals surface area (Å²) in [6.45, 7) is 1.80. The minimum absolute atomic E-state index is 0.0479. The summed E-state index contributed by atoms with van der Waals surface area (Å²) >= 11 is 0. The largest absolute Gasteiger partial charge is 0.461 e. The van der Waals surface area contributed by atoms with Crippen molar-refractivity contribution in [1.29, 1.82) is 0 Å². The van der Waals surface area contributed by atoms with E-state index in [1.165, 1.54) is 0 Å². The Kier molecular flexibility index (Phi) is 4.95. The van der Waals surface area contributed by atoms with E-state index < -0.39 is 21.6 Å².